The van der Waals surface area contributed by atoms with Gasteiger partial charge in [-0.05, 0) is 29.8 Å². The highest BCUT2D eigenvalue weighted by Gasteiger charge is 2.26. The van der Waals surface area contributed by atoms with Gasteiger partial charge >= 0.3 is 0 Å². The molecule has 0 fully saturated rings. The summed E-state index contributed by atoms with van der Waals surface area (Å²) in [5, 5.41) is 7.79. The second kappa shape index (κ2) is 6.20. The Hall–Kier alpha value is -0.980. The maximum atomic E-state index is 11.5. The van der Waals surface area contributed by atoms with Gasteiger partial charge in [0.05, 0.1) is 0 Å². The summed E-state index contributed by atoms with van der Waals surface area (Å²) < 4.78 is 0.915. The van der Waals surface area contributed by atoms with E-state index in [4.69, 9.17) is 11.6 Å². The van der Waals surface area contributed by atoms with Crippen LogP contribution in [-0.2, 0) is 10.5 Å². The highest BCUT2D eigenvalue weighted by molar-refractivity contribution is 8.45. The molecular weight excluding hydrogens is 314 g/mol. The molecule has 0 saturated heterocycles. The molecule has 3 rings (SSSR count). The van der Waals surface area contributed by atoms with Crippen molar-refractivity contribution in [1.82, 2.24) is 5.01 Å². The Bertz CT molecular complexity index is 603. The van der Waals surface area contributed by atoms with Gasteiger partial charge in [-0.1, -0.05) is 41.6 Å². The van der Waals surface area contributed by atoms with Crippen LogP contribution in [0.3, 0.4) is 0 Å². The number of rotatable bonds is 2. The number of nitrogens with zero attached hydrogens (tertiary/aromatic N) is 3. The fourth-order valence-corrected chi connectivity index (χ4v) is 4.16. The standard InChI is InChI=1S/C13H12ClN3OS2/c14-10-5-2-1-4-9(10)8-19-13-16-17-7-3-6-11(18)15-12(17)20-13/h1-2,4-5H,3,6-8H2. The topological polar surface area (TPSA) is 45.0 Å². The molecular formula is C13H12ClN3OS2. The van der Waals surface area contributed by atoms with E-state index in [1.165, 1.54) is 11.8 Å². The van der Waals surface area contributed by atoms with Gasteiger partial charge in [0.1, 0.15) is 0 Å². The molecule has 0 saturated carbocycles. The fourth-order valence-electron chi connectivity index (χ4n) is 1.87. The molecule has 2 heterocycles. The molecule has 1 aromatic carbocycles. The molecule has 0 atom stereocenters. The first kappa shape index (κ1) is 14.0. The molecule has 0 aromatic heterocycles. The number of carbonyl (C=O) groups excluding carboxylic acids is 1. The largest absolute Gasteiger partial charge is 0.273 e. The number of hydrogen-bond acceptors (Lipinski definition) is 5. The summed E-state index contributed by atoms with van der Waals surface area (Å²) in [5.74, 6) is 0.711. The van der Waals surface area contributed by atoms with Crippen LogP contribution >= 0.6 is 35.1 Å². The predicted molar refractivity (Wildman–Crippen MR) is 86.2 cm³/mol. The monoisotopic (exact) mass is 325 g/mol. The number of hydrogen-bond donors (Lipinski definition) is 0. The van der Waals surface area contributed by atoms with Crippen LogP contribution in [-0.4, -0.2) is 27.0 Å². The van der Waals surface area contributed by atoms with Crippen LogP contribution in [0.1, 0.15) is 18.4 Å². The maximum Gasteiger partial charge on any atom is 0.248 e. The first-order valence-corrected chi connectivity index (χ1v) is 8.42. The van der Waals surface area contributed by atoms with E-state index >= 15 is 0 Å². The number of halogens is 1. The molecule has 2 aliphatic rings. The number of hydrazone groups is 1. The second-order valence-corrected chi connectivity index (χ2v) is 6.95. The van der Waals surface area contributed by atoms with Crippen LogP contribution in [0, 0.1) is 0 Å². The van der Waals surface area contributed by atoms with E-state index in [0.717, 1.165) is 33.7 Å². The van der Waals surface area contributed by atoms with Gasteiger partial charge in [-0.3, -0.25) is 4.79 Å². The van der Waals surface area contributed by atoms with Crippen molar-refractivity contribution >= 4 is 50.6 Å². The Morgan fingerprint density at radius 2 is 2.25 bits per heavy atom. The van der Waals surface area contributed by atoms with Crippen molar-refractivity contribution in [2.24, 2.45) is 10.1 Å². The second-order valence-electron chi connectivity index (χ2n) is 4.36. The quantitative estimate of drug-likeness (QED) is 0.834. The van der Waals surface area contributed by atoms with Crippen molar-refractivity contribution < 1.29 is 4.79 Å². The summed E-state index contributed by atoms with van der Waals surface area (Å²) >= 11 is 9.22. The first-order chi connectivity index (χ1) is 9.72. The lowest BCUT2D eigenvalue weighted by Crippen LogP contribution is -2.18. The lowest BCUT2D eigenvalue weighted by molar-refractivity contribution is -0.117. The predicted octanol–water partition coefficient (Wildman–Crippen LogP) is 3.57. The minimum absolute atomic E-state index is 0.0532. The van der Waals surface area contributed by atoms with Crippen LogP contribution in [0.2, 0.25) is 5.02 Å². The molecule has 0 radical (unpaired) electrons. The lowest BCUT2D eigenvalue weighted by atomic mass is 10.2. The molecule has 20 heavy (non-hydrogen) atoms. The highest BCUT2D eigenvalue weighted by Crippen LogP contribution is 2.32. The zero-order valence-electron chi connectivity index (χ0n) is 10.6. The average molecular weight is 326 g/mol. The van der Waals surface area contributed by atoms with Gasteiger partial charge in [-0.2, -0.15) is 10.1 Å². The smallest absolute Gasteiger partial charge is 0.248 e. The minimum Gasteiger partial charge on any atom is -0.273 e. The van der Waals surface area contributed by atoms with Gasteiger partial charge in [0.2, 0.25) is 5.91 Å². The van der Waals surface area contributed by atoms with E-state index in [0.29, 0.717) is 11.6 Å². The van der Waals surface area contributed by atoms with E-state index in [-0.39, 0.29) is 5.91 Å². The number of aliphatic imine (C=N–C) groups is 1. The Morgan fingerprint density at radius 3 is 3.10 bits per heavy atom. The zero-order valence-corrected chi connectivity index (χ0v) is 13.0. The van der Waals surface area contributed by atoms with E-state index < -0.39 is 0 Å². The molecule has 1 aromatic rings. The Morgan fingerprint density at radius 1 is 1.40 bits per heavy atom. The molecule has 0 spiro atoms. The third-order valence-electron chi connectivity index (χ3n) is 2.89. The van der Waals surface area contributed by atoms with Crippen molar-refractivity contribution in [2.75, 3.05) is 6.54 Å². The normalized spacial score (nSPS) is 18.4. The van der Waals surface area contributed by atoms with Crippen molar-refractivity contribution in [3.8, 4) is 0 Å². The van der Waals surface area contributed by atoms with Crippen molar-refractivity contribution in [1.29, 1.82) is 0 Å². The summed E-state index contributed by atoms with van der Waals surface area (Å²) in [7, 11) is 0. The number of benzene rings is 1. The van der Waals surface area contributed by atoms with Crippen LogP contribution in [0.4, 0.5) is 0 Å². The van der Waals surface area contributed by atoms with E-state index in [1.54, 1.807) is 11.8 Å². The number of amides is 1. The van der Waals surface area contributed by atoms with Gasteiger partial charge < -0.3 is 0 Å². The van der Waals surface area contributed by atoms with Crippen LogP contribution < -0.4 is 0 Å². The summed E-state index contributed by atoms with van der Waals surface area (Å²) in [6.07, 6.45) is 1.32. The van der Waals surface area contributed by atoms with Crippen molar-refractivity contribution in [2.45, 2.75) is 18.6 Å². The molecule has 4 nitrogen and oxygen atoms in total. The third kappa shape index (κ3) is 3.19. The molecule has 104 valence electrons. The highest BCUT2D eigenvalue weighted by atomic mass is 35.5. The lowest BCUT2D eigenvalue weighted by Gasteiger charge is -2.08. The summed E-state index contributed by atoms with van der Waals surface area (Å²) in [6, 6.07) is 7.79. The Kier molecular flexibility index (Phi) is 4.33. The Labute approximate surface area is 130 Å². The molecule has 0 N–H and O–H groups in total. The van der Waals surface area contributed by atoms with Gasteiger partial charge in [0.15, 0.2) is 9.54 Å². The summed E-state index contributed by atoms with van der Waals surface area (Å²) in [5.41, 5.74) is 1.09. The minimum atomic E-state index is -0.0532. The number of amidine groups is 1. The van der Waals surface area contributed by atoms with Crippen LogP contribution in [0.15, 0.2) is 34.4 Å². The van der Waals surface area contributed by atoms with Gasteiger partial charge in [0, 0.05) is 23.7 Å². The van der Waals surface area contributed by atoms with Gasteiger partial charge in [-0.25, -0.2) is 5.01 Å². The average Bonchev–Trinajstić information content (AvgIpc) is 2.72. The summed E-state index contributed by atoms with van der Waals surface area (Å²) in [6.45, 7) is 0.758. The summed E-state index contributed by atoms with van der Waals surface area (Å²) in [4.78, 5) is 15.5. The molecule has 0 aliphatic carbocycles. The van der Waals surface area contributed by atoms with Gasteiger partial charge in [-0.15, -0.1) is 0 Å². The zero-order chi connectivity index (χ0) is 13.9. The van der Waals surface area contributed by atoms with Gasteiger partial charge in [0.25, 0.3) is 0 Å². The number of carbonyl (C=O) groups is 1. The fraction of sp³-hybridized carbons (Fsp3) is 0.308. The molecule has 7 heteroatoms. The van der Waals surface area contributed by atoms with E-state index in [2.05, 4.69) is 10.1 Å². The molecule has 2 aliphatic heterocycles. The van der Waals surface area contributed by atoms with Crippen molar-refractivity contribution in [3.05, 3.63) is 34.9 Å². The SMILES string of the molecule is O=C1CCCN2N=C(SCc3ccccc3Cl)SC2=N1. The van der Waals surface area contributed by atoms with Crippen molar-refractivity contribution in [3.63, 3.8) is 0 Å². The number of thioether (sulfide) groups is 2. The third-order valence-corrected chi connectivity index (χ3v) is 5.39. The molecule has 0 unspecified atom stereocenters. The molecule has 1 amide bonds. The first-order valence-electron chi connectivity index (χ1n) is 6.24. The van der Waals surface area contributed by atoms with E-state index in [1.807, 2.05) is 29.3 Å². The van der Waals surface area contributed by atoms with E-state index in [9.17, 15) is 4.79 Å². The molecule has 0 bridgehead atoms. The maximum absolute atomic E-state index is 11.5. The van der Waals surface area contributed by atoms with Crippen LogP contribution in [0.5, 0.6) is 0 Å². The van der Waals surface area contributed by atoms with Crippen LogP contribution in [0.25, 0.3) is 0 Å². The number of fused-ring (bicyclic) bond motifs is 1. The Balaban J connectivity index is 1.65.